The lowest BCUT2D eigenvalue weighted by Crippen LogP contribution is -2.46. The molecular weight excluding hydrogens is 430 g/mol. The van der Waals surface area contributed by atoms with Crippen LogP contribution in [0.1, 0.15) is 24.4 Å². The van der Waals surface area contributed by atoms with Crippen LogP contribution in [-0.2, 0) is 16.0 Å². The molecule has 3 aromatic heterocycles. The van der Waals surface area contributed by atoms with Gasteiger partial charge in [-0.1, -0.05) is 18.2 Å². The molecule has 2 aliphatic rings. The Hall–Kier alpha value is -3.27. The van der Waals surface area contributed by atoms with Gasteiger partial charge in [0, 0.05) is 37.1 Å². The minimum Gasteiger partial charge on any atom is -0.382 e. The van der Waals surface area contributed by atoms with Crippen molar-refractivity contribution in [2.24, 2.45) is 0 Å². The third-order valence-electron chi connectivity index (χ3n) is 6.96. The van der Waals surface area contributed by atoms with Crippen molar-refractivity contribution in [3.63, 3.8) is 0 Å². The fourth-order valence-electron chi connectivity index (χ4n) is 4.94. The number of rotatable bonds is 6. The van der Waals surface area contributed by atoms with Crippen molar-refractivity contribution in [1.29, 1.82) is 0 Å². The maximum atomic E-state index is 6.39. The van der Waals surface area contributed by atoms with Crippen LogP contribution >= 0.6 is 0 Å². The average Bonchev–Trinajstić information content (AvgIpc) is 3.44. The molecule has 0 bridgehead atoms. The fourth-order valence-corrected chi connectivity index (χ4v) is 4.94. The van der Waals surface area contributed by atoms with E-state index >= 15 is 0 Å². The van der Waals surface area contributed by atoms with Crippen LogP contribution < -0.4 is 5.73 Å². The third kappa shape index (κ3) is 3.75. The number of nitrogens with zero attached hydrogens (tertiary/aromatic N) is 6. The smallest absolute Gasteiger partial charge is 0.152 e. The molecule has 5 heterocycles. The molecule has 2 fully saturated rings. The highest BCUT2D eigenvalue weighted by molar-refractivity contribution is 5.90. The molecule has 9 heteroatoms. The standard InChI is InChI=1S/C25H29N7O2/c1-30(20-14-34-15-20)13-17-3-2-4-18(11-17)23-12-21(24-25(26)27-16-29-32(23)24)22-5-8-28-31(22)19-6-9-33-10-7-19/h2-5,8,11-12,16,19-20H,6-7,9-10,13-15H2,1H3,(H2,26,27,29). The number of anilines is 1. The number of aromatic nitrogens is 5. The fraction of sp³-hybridized carbons (Fsp3) is 0.400. The van der Waals surface area contributed by atoms with E-state index in [1.165, 1.54) is 11.9 Å². The second kappa shape index (κ2) is 8.83. The third-order valence-corrected chi connectivity index (χ3v) is 6.96. The summed E-state index contributed by atoms with van der Waals surface area (Å²) in [6, 6.07) is 13.6. The highest BCUT2D eigenvalue weighted by atomic mass is 16.5. The lowest BCUT2D eigenvalue weighted by Gasteiger charge is -2.34. The van der Waals surface area contributed by atoms with Gasteiger partial charge in [0.05, 0.1) is 36.7 Å². The first-order valence-corrected chi connectivity index (χ1v) is 11.8. The van der Waals surface area contributed by atoms with Crippen LogP contribution in [0.5, 0.6) is 0 Å². The van der Waals surface area contributed by atoms with Crippen LogP contribution in [0.2, 0.25) is 0 Å². The van der Waals surface area contributed by atoms with Crippen molar-refractivity contribution >= 4 is 11.3 Å². The molecule has 0 atom stereocenters. The van der Waals surface area contributed by atoms with E-state index in [2.05, 4.69) is 62.1 Å². The predicted molar refractivity (Wildman–Crippen MR) is 129 cm³/mol. The Morgan fingerprint density at radius 2 is 1.91 bits per heavy atom. The van der Waals surface area contributed by atoms with Crippen LogP contribution in [0.25, 0.3) is 28.0 Å². The molecule has 9 nitrogen and oxygen atoms in total. The van der Waals surface area contributed by atoms with Crippen LogP contribution in [-0.4, -0.2) is 68.8 Å². The largest absolute Gasteiger partial charge is 0.382 e. The minimum atomic E-state index is 0.303. The highest BCUT2D eigenvalue weighted by Gasteiger charge is 2.25. The zero-order valence-electron chi connectivity index (χ0n) is 19.3. The molecule has 0 aliphatic carbocycles. The van der Waals surface area contributed by atoms with Gasteiger partial charge in [0.1, 0.15) is 11.8 Å². The van der Waals surface area contributed by atoms with E-state index in [0.29, 0.717) is 17.9 Å². The zero-order chi connectivity index (χ0) is 23.1. The van der Waals surface area contributed by atoms with Crippen molar-refractivity contribution < 1.29 is 9.47 Å². The van der Waals surface area contributed by atoms with E-state index in [9.17, 15) is 0 Å². The Morgan fingerprint density at radius 1 is 1.06 bits per heavy atom. The van der Waals surface area contributed by atoms with Crippen molar-refractivity contribution in [2.75, 3.05) is 39.2 Å². The number of fused-ring (bicyclic) bond motifs is 1. The number of nitrogen functional groups attached to an aromatic ring is 1. The van der Waals surface area contributed by atoms with Crippen molar-refractivity contribution in [1.82, 2.24) is 29.3 Å². The molecule has 34 heavy (non-hydrogen) atoms. The van der Waals surface area contributed by atoms with Gasteiger partial charge in [-0.25, -0.2) is 9.50 Å². The lowest BCUT2D eigenvalue weighted by atomic mass is 10.1. The van der Waals surface area contributed by atoms with Gasteiger partial charge in [0.15, 0.2) is 5.82 Å². The number of nitrogens with two attached hydrogens (primary N) is 1. The van der Waals surface area contributed by atoms with E-state index in [0.717, 1.165) is 73.8 Å². The summed E-state index contributed by atoms with van der Waals surface area (Å²) in [6.07, 6.45) is 5.26. The predicted octanol–water partition coefficient (Wildman–Crippen LogP) is 3.02. The molecule has 2 saturated heterocycles. The van der Waals surface area contributed by atoms with Gasteiger partial charge in [-0.15, -0.1) is 0 Å². The molecule has 6 rings (SSSR count). The average molecular weight is 460 g/mol. The molecule has 176 valence electrons. The second-order valence-electron chi connectivity index (χ2n) is 9.16. The quantitative estimate of drug-likeness (QED) is 0.473. The lowest BCUT2D eigenvalue weighted by molar-refractivity contribution is -0.0586. The Morgan fingerprint density at radius 3 is 2.71 bits per heavy atom. The number of likely N-dealkylation sites (N-methyl/N-ethyl adjacent to an activating group) is 1. The first-order chi connectivity index (χ1) is 16.7. The normalized spacial score (nSPS) is 17.5. The summed E-state index contributed by atoms with van der Waals surface area (Å²) in [5.74, 6) is 0.455. The highest BCUT2D eigenvalue weighted by Crippen LogP contribution is 2.36. The van der Waals surface area contributed by atoms with Gasteiger partial charge in [-0.05, 0) is 43.7 Å². The van der Waals surface area contributed by atoms with Gasteiger partial charge in [0.2, 0.25) is 0 Å². The van der Waals surface area contributed by atoms with E-state index in [1.54, 1.807) is 0 Å². The number of benzene rings is 1. The molecule has 0 unspecified atom stereocenters. The van der Waals surface area contributed by atoms with Gasteiger partial charge in [0.25, 0.3) is 0 Å². The van der Waals surface area contributed by atoms with Gasteiger partial charge in [-0.3, -0.25) is 9.58 Å². The molecule has 0 radical (unpaired) electrons. The van der Waals surface area contributed by atoms with E-state index in [4.69, 9.17) is 15.2 Å². The molecule has 2 aliphatic heterocycles. The van der Waals surface area contributed by atoms with Gasteiger partial charge in [-0.2, -0.15) is 10.2 Å². The maximum absolute atomic E-state index is 6.39. The molecule has 4 aromatic rings. The Bertz CT molecular complexity index is 1300. The Kier molecular flexibility index (Phi) is 5.52. The summed E-state index contributed by atoms with van der Waals surface area (Å²) in [5, 5.41) is 9.25. The van der Waals surface area contributed by atoms with Crippen molar-refractivity contribution in [2.45, 2.75) is 31.5 Å². The van der Waals surface area contributed by atoms with Crippen LogP contribution in [0.3, 0.4) is 0 Å². The monoisotopic (exact) mass is 459 g/mol. The van der Waals surface area contributed by atoms with Crippen molar-refractivity contribution in [3.05, 3.63) is 54.5 Å². The molecule has 1 aromatic carbocycles. The summed E-state index contributed by atoms with van der Waals surface area (Å²) >= 11 is 0. The zero-order valence-corrected chi connectivity index (χ0v) is 19.3. The van der Waals surface area contributed by atoms with Gasteiger partial charge < -0.3 is 15.2 Å². The van der Waals surface area contributed by atoms with Crippen LogP contribution in [0.4, 0.5) is 5.82 Å². The Labute approximate surface area is 198 Å². The number of hydrogen-bond donors (Lipinski definition) is 1. The molecule has 2 N–H and O–H groups in total. The van der Waals surface area contributed by atoms with Crippen LogP contribution in [0, 0.1) is 0 Å². The first-order valence-electron chi connectivity index (χ1n) is 11.8. The molecular formula is C25H29N7O2. The second-order valence-corrected chi connectivity index (χ2v) is 9.16. The van der Waals surface area contributed by atoms with Gasteiger partial charge >= 0.3 is 0 Å². The summed E-state index contributed by atoms with van der Waals surface area (Å²) in [5.41, 5.74) is 12.5. The topological polar surface area (TPSA) is 95.7 Å². The number of hydrogen-bond acceptors (Lipinski definition) is 7. The molecule has 0 spiro atoms. The van der Waals surface area contributed by atoms with E-state index in [-0.39, 0.29) is 0 Å². The molecule has 0 saturated carbocycles. The first kappa shape index (κ1) is 21.3. The van der Waals surface area contributed by atoms with Crippen molar-refractivity contribution in [3.8, 4) is 22.5 Å². The summed E-state index contributed by atoms with van der Waals surface area (Å²) in [6.45, 7) is 3.99. The minimum absolute atomic E-state index is 0.303. The molecule has 0 amide bonds. The Balaban J connectivity index is 1.42. The maximum Gasteiger partial charge on any atom is 0.152 e. The van der Waals surface area contributed by atoms with E-state index in [1.807, 2.05) is 16.8 Å². The number of ether oxygens (including phenoxy) is 2. The summed E-state index contributed by atoms with van der Waals surface area (Å²) in [4.78, 5) is 6.64. The summed E-state index contributed by atoms with van der Waals surface area (Å²) in [7, 11) is 2.15. The van der Waals surface area contributed by atoms with Crippen LogP contribution in [0.15, 0.2) is 48.9 Å². The SMILES string of the molecule is CN(Cc1cccc(-c2cc(-c3ccnn3C3CCOCC3)c3c(N)ncnn23)c1)C1COC1. The van der Waals surface area contributed by atoms with E-state index < -0.39 is 0 Å². The summed E-state index contributed by atoms with van der Waals surface area (Å²) < 4.78 is 14.9.